The minimum Gasteiger partial charge on any atom is -0.322 e. The Morgan fingerprint density at radius 2 is 1.89 bits per heavy atom. The summed E-state index contributed by atoms with van der Waals surface area (Å²) in [5.74, 6) is -0.218. The molecule has 0 radical (unpaired) electrons. The van der Waals surface area contributed by atoms with E-state index in [1.54, 1.807) is 49.4 Å². The number of anilines is 1. The molecule has 2 aromatic rings. The van der Waals surface area contributed by atoms with E-state index in [1.165, 1.54) is 0 Å². The third-order valence-corrected chi connectivity index (χ3v) is 3.19. The highest BCUT2D eigenvalue weighted by atomic mass is 35.5. The monoisotopic (exact) mass is 270 g/mol. The van der Waals surface area contributed by atoms with Gasteiger partial charge in [0.1, 0.15) is 0 Å². The molecule has 4 heteroatoms. The smallest absolute Gasteiger partial charge is 0.255 e. The first-order valence-electron chi connectivity index (χ1n) is 5.68. The molecule has 0 atom stereocenters. The van der Waals surface area contributed by atoms with Gasteiger partial charge in [0.2, 0.25) is 0 Å². The van der Waals surface area contributed by atoms with Gasteiger partial charge in [-0.2, -0.15) is 5.26 Å². The van der Waals surface area contributed by atoms with Gasteiger partial charge in [0, 0.05) is 16.3 Å². The van der Waals surface area contributed by atoms with E-state index in [1.807, 2.05) is 6.07 Å². The predicted octanol–water partition coefficient (Wildman–Crippen LogP) is 3.77. The number of rotatable bonds is 2. The van der Waals surface area contributed by atoms with Gasteiger partial charge < -0.3 is 5.32 Å². The highest BCUT2D eigenvalue weighted by Crippen LogP contribution is 2.20. The quantitative estimate of drug-likeness (QED) is 0.903. The summed E-state index contributed by atoms with van der Waals surface area (Å²) < 4.78 is 0. The van der Waals surface area contributed by atoms with E-state index >= 15 is 0 Å². The van der Waals surface area contributed by atoms with Crippen LogP contribution in [0.15, 0.2) is 42.5 Å². The molecule has 94 valence electrons. The first kappa shape index (κ1) is 13.1. The molecule has 0 aliphatic heterocycles. The fourth-order valence-electron chi connectivity index (χ4n) is 1.68. The Balaban J connectivity index is 2.21. The van der Waals surface area contributed by atoms with Crippen LogP contribution in [0.1, 0.15) is 21.5 Å². The van der Waals surface area contributed by atoms with Crippen molar-refractivity contribution in [3.05, 3.63) is 64.2 Å². The fourth-order valence-corrected chi connectivity index (χ4v) is 1.85. The number of carbonyl (C=O) groups excluding carboxylic acids is 1. The number of benzene rings is 2. The molecular formula is C15H11ClN2O. The maximum Gasteiger partial charge on any atom is 0.255 e. The zero-order valence-corrected chi connectivity index (χ0v) is 11.0. The average Bonchev–Trinajstić information content (AvgIpc) is 2.42. The van der Waals surface area contributed by atoms with Crippen LogP contribution < -0.4 is 5.32 Å². The Kier molecular flexibility index (Phi) is 3.84. The van der Waals surface area contributed by atoms with Crippen molar-refractivity contribution in [2.45, 2.75) is 6.92 Å². The molecule has 3 nitrogen and oxygen atoms in total. The van der Waals surface area contributed by atoms with Crippen LogP contribution >= 0.6 is 11.6 Å². The normalized spacial score (nSPS) is 9.74. The Labute approximate surface area is 116 Å². The molecule has 19 heavy (non-hydrogen) atoms. The van der Waals surface area contributed by atoms with Gasteiger partial charge in [0.05, 0.1) is 11.6 Å². The van der Waals surface area contributed by atoms with Crippen LogP contribution in [0.3, 0.4) is 0 Å². The molecule has 0 aliphatic rings. The second-order valence-corrected chi connectivity index (χ2v) is 4.46. The van der Waals surface area contributed by atoms with E-state index < -0.39 is 0 Å². The lowest BCUT2D eigenvalue weighted by Crippen LogP contribution is -2.13. The number of carbonyl (C=O) groups is 1. The molecular weight excluding hydrogens is 260 g/mol. The standard InChI is InChI=1S/C15H11ClN2O/c1-10-13(3-2-4-14(10)16)15(19)18-12-7-5-11(9-17)6-8-12/h2-8H,1H3,(H,18,19). The molecule has 1 N–H and O–H groups in total. The zero-order valence-electron chi connectivity index (χ0n) is 10.3. The van der Waals surface area contributed by atoms with E-state index in [2.05, 4.69) is 5.32 Å². The van der Waals surface area contributed by atoms with Gasteiger partial charge in [-0.25, -0.2) is 0 Å². The minimum atomic E-state index is -0.218. The van der Waals surface area contributed by atoms with Crippen molar-refractivity contribution in [1.82, 2.24) is 0 Å². The SMILES string of the molecule is Cc1c(Cl)cccc1C(=O)Nc1ccc(C#N)cc1. The Morgan fingerprint density at radius 1 is 1.21 bits per heavy atom. The van der Waals surface area contributed by atoms with E-state index in [0.717, 1.165) is 5.56 Å². The van der Waals surface area contributed by atoms with Crippen LogP contribution in [0.25, 0.3) is 0 Å². The van der Waals surface area contributed by atoms with Gasteiger partial charge in [-0.1, -0.05) is 17.7 Å². The number of amides is 1. The van der Waals surface area contributed by atoms with E-state index in [0.29, 0.717) is 21.8 Å². The van der Waals surface area contributed by atoms with E-state index in [-0.39, 0.29) is 5.91 Å². The number of nitrogens with one attached hydrogen (secondary N) is 1. The summed E-state index contributed by atoms with van der Waals surface area (Å²) in [4.78, 5) is 12.1. The van der Waals surface area contributed by atoms with Crippen molar-refractivity contribution < 1.29 is 4.79 Å². The zero-order chi connectivity index (χ0) is 13.8. The Hall–Kier alpha value is -2.31. The van der Waals surface area contributed by atoms with Crippen molar-refractivity contribution >= 4 is 23.2 Å². The molecule has 0 fully saturated rings. The Bertz CT molecular complexity index is 657. The number of nitriles is 1. The summed E-state index contributed by atoms with van der Waals surface area (Å²) >= 11 is 5.98. The molecule has 0 aliphatic carbocycles. The first-order chi connectivity index (χ1) is 9.11. The lowest BCUT2D eigenvalue weighted by molar-refractivity contribution is 0.102. The molecule has 0 unspecified atom stereocenters. The first-order valence-corrected chi connectivity index (χ1v) is 6.06. The molecule has 1 amide bonds. The summed E-state index contributed by atoms with van der Waals surface area (Å²) in [6, 6.07) is 13.9. The van der Waals surface area contributed by atoms with E-state index in [9.17, 15) is 4.79 Å². The average molecular weight is 271 g/mol. The van der Waals surface area contributed by atoms with Crippen molar-refractivity contribution in [1.29, 1.82) is 5.26 Å². The molecule has 0 bridgehead atoms. The third kappa shape index (κ3) is 2.93. The maximum atomic E-state index is 12.1. The Morgan fingerprint density at radius 3 is 2.53 bits per heavy atom. The largest absolute Gasteiger partial charge is 0.322 e. The molecule has 0 heterocycles. The molecule has 0 saturated carbocycles. The predicted molar refractivity (Wildman–Crippen MR) is 75.3 cm³/mol. The van der Waals surface area contributed by atoms with Crippen LogP contribution in [0.2, 0.25) is 5.02 Å². The van der Waals surface area contributed by atoms with Gasteiger partial charge >= 0.3 is 0 Å². The van der Waals surface area contributed by atoms with Crippen molar-refractivity contribution in [2.24, 2.45) is 0 Å². The van der Waals surface area contributed by atoms with Crippen molar-refractivity contribution in [3.63, 3.8) is 0 Å². The highest BCUT2D eigenvalue weighted by molar-refractivity contribution is 6.32. The van der Waals surface area contributed by atoms with Crippen molar-refractivity contribution in [3.8, 4) is 6.07 Å². The van der Waals surface area contributed by atoms with Crippen LogP contribution in [-0.4, -0.2) is 5.91 Å². The van der Waals surface area contributed by atoms with Crippen LogP contribution in [-0.2, 0) is 0 Å². The van der Waals surface area contributed by atoms with Gasteiger partial charge in [-0.3, -0.25) is 4.79 Å². The number of halogens is 1. The summed E-state index contributed by atoms with van der Waals surface area (Å²) in [5, 5.41) is 12.0. The summed E-state index contributed by atoms with van der Waals surface area (Å²) in [7, 11) is 0. The molecule has 0 aromatic heterocycles. The highest BCUT2D eigenvalue weighted by Gasteiger charge is 2.10. The van der Waals surface area contributed by atoms with Gasteiger partial charge in [-0.15, -0.1) is 0 Å². The summed E-state index contributed by atoms with van der Waals surface area (Å²) in [6.45, 7) is 1.80. The van der Waals surface area contributed by atoms with E-state index in [4.69, 9.17) is 16.9 Å². The lowest BCUT2D eigenvalue weighted by atomic mass is 10.1. The second-order valence-electron chi connectivity index (χ2n) is 4.06. The number of hydrogen-bond acceptors (Lipinski definition) is 2. The molecule has 0 spiro atoms. The molecule has 2 aromatic carbocycles. The molecule has 0 saturated heterocycles. The third-order valence-electron chi connectivity index (χ3n) is 2.78. The lowest BCUT2D eigenvalue weighted by Gasteiger charge is -2.08. The number of hydrogen-bond donors (Lipinski definition) is 1. The van der Waals surface area contributed by atoms with Gasteiger partial charge in [-0.05, 0) is 48.9 Å². The topological polar surface area (TPSA) is 52.9 Å². The fraction of sp³-hybridized carbons (Fsp3) is 0.0667. The second kappa shape index (κ2) is 5.55. The minimum absolute atomic E-state index is 0.218. The number of nitrogens with zero attached hydrogens (tertiary/aromatic N) is 1. The van der Waals surface area contributed by atoms with Gasteiger partial charge in [0.15, 0.2) is 0 Å². The van der Waals surface area contributed by atoms with Crippen molar-refractivity contribution in [2.75, 3.05) is 5.32 Å². The maximum absolute atomic E-state index is 12.1. The summed E-state index contributed by atoms with van der Waals surface area (Å²) in [5.41, 5.74) is 2.48. The summed E-state index contributed by atoms with van der Waals surface area (Å²) in [6.07, 6.45) is 0. The van der Waals surface area contributed by atoms with Crippen LogP contribution in [0.4, 0.5) is 5.69 Å². The molecule has 2 rings (SSSR count). The van der Waals surface area contributed by atoms with Crippen LogP contribution in [0.5, 0.6) is 0 Å². The van der Waals surface area contributed by atoms with Crippen LogP contribution in [0, 0.1) is 18.3 Å². The van der Waals surface area contributed by atoms with Gasteiger partial charge in [0.25, 0.3) is 5.91 Å².